The van der Waals surface area contributed by atoms with E-state index in [9.17, 15) is 4.79 Å². The second-order valence-electron chi connectivity index (χ2n) is 6.90. The molecule has 2 amide bonds. The number of aromatic nitrogens is 1. The maximum atomic E-state index is 12.3. The molecule has 1 unspecified atom stereocenters. The van der Waals surface area contributed by atoms with E-state index >= 15 is 0 Å². The van der Waals surface area contributed by atoms with Crippen LogP contribution in [0, 0.1) is 6.92 Å². The molecule has 6 heteroatoms. The predicted molar refractivity (Wildman–Crippen MR) is 94.8 cm³/mol. The van der Waals surface area contributed by atoms with Crippen molar-refractivity contribution in [2.24, 2.45) is 0 Å². The van der Waals surface area contributed by atoms with Gasteiger partial charge < -0.3 is 14.7 Å². The summed E-state index contributed by atoms with van der Waals surface area (Å²) in [5.74, 6) is 0.895. The van der Waals surface area contributed by atoms with Crippen LogP contribution in [-0.4, -0.2) is 53.2 Å². The number of nitrogens with zero attached hydrogens (tertiary/aromatic N) is 3. The van der Waals surface area contributed by atoms with Gasteiger partial charge in [0, 0.05) is 38.3 Å². The summed E-state index contributed by atoms with van der Waals surface area (Å²) in [6.07, 6.45) is 6.05. The minimum absolute atomic E-state index is 0.0770. The second kappa shape index (κ2) is 9.67. The first-order chi connectivity index (χ1) is 11.6. The summed E-state index contributed by atoms with van der Waals surface area (Å²) < 4.78 is 5.26. The summed E-state index contributed by atoms with van der Waals surface area (Å²) in [4.78, 5) is 16.6. The SMILES string of the molecule is CCCCCCC(C)NC(=O)N1CCN(Cc2cc(C)no2)CC1. The minimum Gasteiger partial charge on any atom is -0.360 e. The number of amides is 2. The van der Waals surface area contributed by atoms with Gasteiger partial charge in [-0.25, -0.2) is 4.79 Å². The Morgan fingerprint density at radius 2 is 2.04 bits per heavy atom. The summed E-state index contributed by atoms with van der Waals surface area (Å²) in [6.45, 7) is 10.3. The number of rotatable bonds is 8. The van der Waals surface area contributed by atoms with E-state index in [2.05, 4.69) is 29.2 Å². The summed E-state index contributed by atoms with van der Waals surface area (Å²) in [6, 6.07) is 2.30. The van der Waals surface area contributed by atoms with Crippen molar-refractivity contribution in [3.8, 4) is 0 Å². The third-order valence-corrected chi connectivity index (χ3v) is 4.58. The summed E-state index contributed by atoms with van der Waals surface area (Å²) in [7, 11) is 0. The zero-order valence-electron chi connectivity index (χ0n) is 15.4. The molecule has 1 aromatic rings. The van der Waals surface area contributed by atoms with E-state index in [-0.39, 0.29) is 12.1 Å². The van der Waals surface area contributed by atoms with Gasteiger partial charge in [-0.1, -0.05) is 37.8 Å². The Labute approximate surface area is 145 Å². The van der Waals surface area contributed by atoms with Crippen LogP contribution in [0.25, 0.3) is 0 Å². The second-order valence-corrected chi connectivity index (χ2v) is 6.90. The molecule has 6 nitrogen and oxygen atoms in total. The van der Waals surface area contributed by atoms with Gasteiger partial charge >= 0.3 is 6.03 Å². The standard InChI is InChI=1S/C18H32N4O2/c1-4-5-6-7-8-15(2)19-18(23)22-11-9-21(10-12-22)14-17-13-16(3)20-24-17/h13,15H,4-12,14H2,1-3H3,(H,19,23). The number of carbonyl (C=O) groups excluding carboxylic acids is 1. The van der Waals surface area contributed by atoms with Gasteiger partial charge in [0.05, 0.1) is 12.2 Å². The lowest BCUT2D eigenvalue weighted by molar-refractivity contribution is 0.126. The number of carbonyl (C=O) groups is 1. The van der Waals surface area contributed by atoms with E-state index in [4.69, 9.17) is 4.52 Å². The Morgan fingerprint density at radius 1 is 1.29 bits per heavy atom. The number of piperazine rings is 1. The van der Waals surface area contributed by atoms with Crippen LogP contribution < -0.4 is 5.32 Å². The van der Waals surface area contributed by atoms with E-state index in [1.54, 1.807) is 0 Å². The van der Waals surface area contributed by atoms with Crippen LogP contribution in [0.2, 0.25) is 0 Å². The summed E-state index contributed by atoms with van der Waals surface area (Å²) >= 11 is 0. The number of hydrogen-bond acceptors (Lipinski definition) is 4. The van der Waals surface area contributed by atoms with Crippen molar-refractivity contribution in [3.63, 3.8) is 0 Å². The van der Waals surface area contributed by atoms with Gasteiger partial charge in [0.1, 0.15) is 0 Å². The lowest BCUT2D eigenvalue weighted by Crippen LogP contribution is -2.52. The maximum absolute atomic E-state index is 12.3. The fraction of sp³-hybridized carbons (Fsp3) is 0.778. The molecule has 1 atom stereocenters. The normalized spacial score (nSPS) is 17.0. The van der Waals surface area contributed by atoms with Crippen molar-refractivity contribution in [2.75, 3.05) is 26.2 Å². The Morgan fingerprint density at radius 3 is 2.67 bits per heavy atom. The van der Waals surface area contributed by atoms with E-state index in [0.717, 1.165) is 50.6 Å². The fourth-order valence-electron chi connectivity index (χ4n) is 3.07. The average Bonchev–Trinajstić information content (AvgIpc) is 2.97. The van der Waals surface area contributed by atoms with Crippen LogP contribution in [0.4, 0.5) is 4.79 Å². The fourth-order valence-corrected chi connectivity index (χ4v) is 3.07. The molecule has 0 radical (unpaired) electrons. The van der Waals surface area contributed by atoms with Crippen LogP contribution in [0.1, 0.15) is 57.4 Å². The highest BCUT2D eigenvalue weighted by Gasteiger charge is 2.22. The highest BCUT2D eigenvalue weighted by atomic mass is 16.5. The topological polar surface area (TPSA) is 61.6 Å². The third-order valence-electron chi connectivity index (χ3n) is 4.58. The Hall–Kier alpha value is -1.56. The van der Waals surface area contributed by atoms with Crippen molar-refractivity contribution >= 4 is 6.03 Å². The number of hydrogen-bond donors (Lipinski definition) is 1. The van der Waals surface area contributed by atoms with Gasteiger partial charge in [0.2, 0.25) is 0 Å². The minimum atomic E-state index is 0.0770. The number of nitrogens with one attached hydrogen (secondary N) is 1. The van der Waals surface area contributed by atoms with Gasteiger partial charge in [-0.2, -0.15) is 0 Å². The van der Waals surface area contributed by atoms with E-state index in [1.165, 1.54) is 25.7 Å². The monoisotopic (exact) mass is 336 g/mol. The first-order valence-electron chi connectivity index (χ1n) is 9.28. The van der Waals surface area contributed by atoms with Crippen LogP contribution in [0.5, 0.6) is 0 Å². The van der Waals surface area contributed by atoms with Gasteiger partial charge in [-0.15, -0.1) is 0 Å². The Balaban J connectivity index is 1.64. The Bertz CT molecular complexity index is 495. The molecule has 0 spiro atoms. The van der Waals surface area contributed by atoms with Gasteiger partial charge in [0.15, 0.2) is 5.76 Å². The number of aryl methyl sites for hydroxylation is 1. The highest BCUT2D eigenvalue weighted by molar-refractivity contribution is 5.74. The molecule has 2 heterocycles. The zero-order valence-corrected chi connectivity index (χ0v) is 15.4. The average molecular weight is 336 g/mol. The summed E-state index contributed by atoms with van der Waals surface area (Å²) in [5.41, 5.74) is 0.913. The van der Waals surface area contributed by atoms with Crippen molar-refractivity contribution < 1.29 is 9.32 Å². The molecule has 2 rings (SSSR count). The molecular weight excluding hydrogens is 304 g/mol. The molecule has 1 saturated heterocycles. The summed E-state index contributed by atoms with van der Waals surface area (Å²) in [5, 5.41) is 7.05. The molecule has 0 saturated carbocycles. The van der Waals surface area contributed by atoms with E-state index in [0.29, 0.717) is 0 Å². The molecule has 1 fully saturated rings. The third kappa shape index (κ3) is 6.15. The molecule has 136 valence electrons. The first kappa shape index (κ1) is 18.8. The van der Waals surface area contributed by atoms with Gasteiger partial charge in [-0.05, 0) is 20.3 Å². The molecule has 1 aliphatic heterocycles. The smallest absolute Gasteiger partial charge is 0.317 e. The van der Waals surface area contributed by atoms with Gasteiger partial charge in [-0.3, -0.25) is 4.90 Å². The maximum Gasteiger partial charge on any atom is 0.317 e. The van der Waals surface area contributed by atoms with E-state index < -0.39 is 0 Å². The molecule has 1 N–H and O–H groups in total. The van der Waals surface area contributed by atoms with Crippen LogP contribution in [0.3, 0.4) is 0 Å². The van der Waals surface area contributed by atoms with Crippen molar-refractivity contribution in [2.45, 2.75) is 65.5 Å². The van der Waals surface area contributed by atoms with Crippen molar-refractivity contribution in [3.05, 3.63) is 17.5 Å². The largest absolute Gasteiger partial charge is 0.360 e. The molecule has 0 bridgehead atoms. The highest BCUT2D eigenvalue weighted by Crippen LogP contribution is 2.10. The lowest BCUT2D eigenvalue weighted by atomic mass is 10.1. The van der Waals surface area contributed by atoms with Crippen molar-refractivity contribution in [1.82, 2.24) is 20.3 Å². The van der Waals surface area contributed by atoms with Gasteiger partial charge in [0.25, 0.3) is 0 Å². The predicted octanol–water partition coefficient (Wildman–Crippen LogP) is 3.17. The molecule has 24 heavy (non-hydrogen) atoms. The van der Waals surface area contributed by atoms with Crippen LogP contribution >= 0.6 is 0 Å². The number of unbranched alkanes of at least 4 members (excludes halogenated alkanes) is 3. The first-order valence-corrected chi connectivity index (χ1v) is 9.28. The molecule has 1 aliphatic rings. The Kier molecular flexibility index (Phi) is 7.56. The number of urea groups is 1. The van der Waals surface area contributed by atoms with Crippen LogP contribution in [0.15, 0.2) is 10.6 Å². The van der Waals surface area contributed by atoms with Crippen molar-refractivity contribution in [1.29, 1.82) is 0 Å². The molecule has 0 aromatic carbocycles. The molecule has 0 aliphatic carbocycles. The quantitative estimate of drug-likeness (QED) is 0.741. The van der Waals surface area contributed by atoms with Crippen LogP contribution in [-0.2, 0) is 6.54 Å². The van der Waals surface area contributed by atoms with E-state index in [1.807, 2.05) is 17.9 Å². The molecular formula is C18H32N4O2. The lowest BCUT2D eigenvalue weighted by Gasteiger charge is -2.34. The molecule has 1 aromatic heterocycles. The zero-order chi connectivity index (χ0) is 17.4.